The molecule has 3 rings (SSSR count). The van der Waals surface area contributed by atoms with Crippen LogP contribution in [0, 0.1) is 0 Å². The number of imidazole rings is 1. The van der Waals surface area contributed by atoms with Crippen LogP contribution in [0.5, 0.6) is 5.75 Å². The highest BCUT2D eigenvalue weighted by molar-refractivity contribution is 9.10. The Hall–Kier alpha value is -1.07. The summed E-state index contributed by atoms with van der Waals surface area (Å²) in [5.41, 5.74) is 1.64. The summed E-state index contributed by atoms with van der Waals surface area (Å²) in [4.78, 5) is 4.41. The molecule has 2 heterocycles. The van der Waals surface area contributed by atoms with Gasteiger partial charge in [0.25, 0.3) is 0 Å². The molecule has 0 bridgehead atoms. The second-order valence-corrected chi connectivity index (χ2v) is 5.14. The Morgan fingerprint density at radius 2 is 2.41 bits per heavy atom. The largest absolute Gasteiger partial charge is 0.506 e. The Balaban J connectivity index is 2.04. The molecular weight excluding hydrogens is 282 g/mol. The van der Waals surface area contributed by atoms with Gasteiger partial charge in [-0.05, 0) is 47.4 Å². The number of aromatic nitrogens is 2. The van der Waals surface area contributed by atoms with Gasteiger partial charge in [-0.3, -0.25) is 0 Å². The van der Waals surface area contributed by atoms with Crippen molar-refractivity contribution in [2.45, 2.75) is 25.4 Å². The second kappa shape index (κ2) is 4.31. The number of halogens is 1. The van der Waals surface area contributed by atoms with E-state index in [1.54, 1.807) is 6.07 Å². The Bertz CT molecular complexity index is 546. The first kappa shape index (κ1) is 11.0. The van der Waals surface area contributed by atoms with Gasteiger partial charge in [0.2, 0.25) is 0 Å². The van der Waals surface area contributed by atoms with Crippen LogP contribution in [0.25, 0.3) is 11.0 Å². The van der Waals surface area contributed by atoms with E-state index in [1.807, 2.05) is 16.7 Å². The fraction of sp³-hybridized carbons (Fsp3) is 0.417. The first-order valence-electron chi connectivity index (χ1n) is 5.83. The van der Waals surface area contributed by atoms with Gasteiger partial charge >= 0.3 is 0 Å². The number of para-hydroxylation sites is 1. The number of phenols is 1. The average molecular weight is 296 g/mol. The topological polar surface area (TPSA) is 50.1 Å². The lowest BCUT2D eigenvalue weighted by molar-refractivity contribution is 0.469. The van der Waals surface area contributed by atoms with E-state index in [2.05, 4.69) is 26.2 Å². The number of aromatic hydroxyl groups is 1. The lowest BCUT2D eigenvalue weighted by Crippen LogP contribution is -2.26. The molecule has 0 radical (unpaired) electrons. The molecule has 0 amide bonds. The molecule has 4 nitrogen and oxygen atoms in total. The highest BCUT2D eigenvalue weighted by atomic mass is 79.9. The third-order valence-corrected chi connectivity index (χ3v) is 3.87. The number of fused-ring (bicyclic) bond motifs is 1. The molecular formula is C12H14BrN3O. The van der Waals surface area contributed by atoms with Crippen LogP contribution in [0.2, 0.25) is 0 Å². The van der Waals surface area contributed by atoms with Crippen LogP contribution in [0.3, 0.4) is 0 Å². The summed E-state index contributed by atoms with van der Waals surface area (Å²) in [6.45, 7) is 1.93. The Labute approximate surface area is 108 Å². The van der Waals surface area contributed by atoms with Crippen LogP contribution in [-0.4, -0.2) is 27.2 Å². The van der Waals surface area contributed by atoms with Gasteiger partial charge in [-0.15, -0.1) is 0 Å². The number of rotatable bonds is 2. The first-order chi connectivity index (χ1) is 8.25. The molecule has 0 spiro atoms. The maximum atomic E-state index is 9.94. The van der Waals surface area contributed by atoms with Crippen molar-refractivity contribution >= 4 is 27.0 Å². The molecule has 1 unspecified atom stereocenters. The number of nitrogens with one attached hydrogen (secondary N) is 1. The molecule has 1 saturated heterocycles. The number of benzene rings is 1. The van der Waals surface area contributed by atoms with E-state index in [4.69, 9.17) is 0 Å². The summed E-state index contributed by atoms with van der Waals surface area (Å²) >= 11 is 3.46. The summed E-state index contributed by atoms with van der Waals surface area (Å²) in [6, 6.07) is 5.91. The van der Waals surface area contributed by atoms with Crippen LogP contribution < -0.4 is 5.32 Å². The molecule has 5 heteroatoms. The van der Waals surface area contributed by atoms with Crippen LogP contribution in [0.4, 0.5) is 0 Å². The zero-order valence-electron chi connectivity index (χ0n) is 9.36. The quantitative estimate of drug-likeness (QED) is 0.893. The van der Waals surface area contributed by atoms with Gasteiger partial charge in [-0.25, -0.2) is 4.98 Å². The molecule has 1 fully saturated rings. The third-order valence-electron chi connectivity index (χ3n) is 3.26. The van der Waals surface area contributed by atoms with E-state index in [-0.39, 0.29) is 0 Å². The molecule has 2 N–H and O–H groups in total. The van der Waals surface area contributed by atoms with Gasteiger partial charge in [0.1, 0.15) is 11.3 Å². The molecule has 1 aromatic carbocycles. The van der Waals surface area contributed by atoms with Crippen molar-refractivity contribution in [1.29, 1.82) is 0 Å². The molecule has 1 aliphatic rings. The normalized spacial score (nSPS) is 20.2. The van der Waals surface area contributed by atoms with E-state index in [9.17, 15) is 5.11 Å². The molecule has 0 saturated carbocycles. The highest BCUT2D eigenvalue weighted by Gasteiger charge is 2.19. The molecule has 0 aliphatic carbocycles. The van der Waals surface area contributed by atoms with E-state index < -0.39 is 0 Å². The maximum absolute atomic E-state index is 9.94. The van der Waals surface area contributed by atoms with Crippen LogP contribution in [0.1, 0.15) is 12.8 Å². The maximum Gasteiger partial charge on any atom is 0.178 e. The van der Waals surface area contributed by atoms with Crippen LogP contribution in [-0.2, 0) is 6.54 Å². The molecule has 2 aromatic rings. The SMILES string of the molecule is Oc1cccc2nc(Br)n(CC3CCCN3)c12. The Morgan fingerprint density at radius 1 is 1.53 bits per heavy atom. The zero-order chi connectivity index (χ0) is 11.8. The van der Waals surface area contributed by atoms with E-state index in [1.165, 1.54) is 12.8 Å². The zero-order valence-corrected chi connectivity index (χ0v) is 10.9. The minimum Gasteiger partial charge on any atom is -0.506 e. The monoisotopic (exact) mass is 295 g/mol. The summed E-state index contributed by atoms with van der Waals surface area (Å²) in [5.74, 6) is 0.290. The fourth-order valence-electron chi connectivity index (χ4n) is 2.44. The molecule has 1 atom stereocenters. The second-order valence-electron chi connectivity index (χ2n) is 4.43. The predicted molar refractivity (Wildman–Crippen MR) is 70.1 cm³/mol. The van der Waals surface area contributed by atoms with Crippen molar-refractivity contribution in [3.63, 3.8) is 0 Å². The van der Waals surface area contributed by atoms with Gasteiger partial charge in [-0.2, -0.15) is 0 Å². The number of phenolic OH excluding ortho intramolecular Hbond substituents is 1. The molecule has 1 aliphatic heterocycles. The predicted octanol–water partition coefficient (Wildman–Crippen LogP) is 2.26. The minimum absolute atomic E-state index is 0.290. The Morgan fingerprint density at radius 3 is 3.18 bits per heavy atom. The number of hydrogen-bond acceptors (Lipinski definition) is 3. The summed E-state index contributed by atoms with van der Waals surface area (Å²) in [7, 11) is 0. The van der Waals surface area contributed by atoms with Crippen molar-refractivity contribution in [1.82, 2.24) is 14.9 Å². The molecule has 90 valence electrons. The van der Waals surface area contributed by atoms with E-state index in [0.717, 1.165) is 28.9 Å². The minimum atomic E-state index is 0.290. The van der Waals surface area contributed by atoms with Crippen LogP contribution >= 0.6 is 15.9 Å². The van der Waals surface area contributed by atoms with Gasteiger partial charge in [-0.1, -0.05) is 6.07 Å². The smallest absolute Gasteiger partial charge is 0.178 e. The fourth-order valence-corrected chi connectivity index (χ4v) is 2.95. The number of hydrogen-bond donors (Lipinski definition) is 2. The standard InChI is InChI=1S/C12H14BrN3O/c13-12-15-9-4-1-5-10(17)11(9)16(12)7-8-3-2-6-14-8/h1,4-5,8,14,17H,2-3,6-7H2. The lowest BCUT2D eigenvalue weighted by Gasteiger charge is -2.13. The summed E-state index contributed by atoms with van der Waals surface area (Å²) < 4.78 is 2.82. The van der Waals surface area contributed by atoms with Crippen molar-refractivity contribution in [3.05, 3.63) is 22.9 Å². The summed E-state index contributed by atoms with van der Waals surface area (Å²) in [6.07, 6.45) is 2.40. The van der Waals surface area contributed by atoms with Crippen LogP contribution in [0.15, 0.2) is 22.9 Å². The first-order valence-corrected chi connectivity index (χ1v) is 6.62. The molecule has 1 aromatic heterocycles. The van der Waals surface area contributed by atoms with Gasteiger partial charge in [0.15, 0.2) is 4.73 Å². The van der Waals surface area contributed by atoms with Crippen molar-refractivity contribution in [2.75, 3.05) is 6.54 Å². The van der Waals surface area contributed by atoms with Crippen molar-refractivity contribution < 1.29 is 5.11 Å². The lowest BCUT2D eigenvalue weighted by atomic mass is 10.2. The third kappa shape index (κ3) is 1.93. The van der Waals surface area contributed by atoms with Gasteiger partial charge in [0, 0.05) is 12.6 Å². The van der Waals surface area contributed by atoms with Crippen molar-refractivity contribution in [3.8, 4) is 5.75 Å². The van der Waals surface area contributed by atoms with Crippen molar-refractivity contribution in [2.24, 2.45) is 0 Å². The highest BCUT2D eigenvalue weighted by Crippen LogP contribution is 2.28. The summed E-state index contributed by atoms with van der Waals surface area (Å²) in [5, 5.41) is 13.4. The van der Waals surface area contributed by atoms with Gasteiger partial charge < -0.3 is 15.0 Å². The van der Waals surface area contributed by atoms with Gasteiger partial charge in [0.05, 0.1) is 5.52 Å². The number of nitrogens with zero attached hydrogens (tertiary/aromatic N) is 2. The average Bonchev–Trinajstić information content (AvgIpc) is 2.89. The van der Waals surface area contributed by atoms with E-state index >= 15 is 0 Å². The molecule has 17 heavy (non-hydrogen) atoms. The Kier molecular flexibility index (Phi) is 2.80. The van der Waals surface area contributed by atoms with E-state index in [0.29, 0.717) is 11.8 Å².